The number of amides is 1. The highest BCUT2D eigenvalue weighted by atomic mass is 32.2. The molecule has 0 bridgehead atoms. The van der Waals surface area contributed by atoms with Gasteiger partial charge < -0.3 is 15.0 Å². The summed E-state index contributed by atoms with van der Waals surface area (Å²) < 4.78 is 30.9. The van der Waals surface area contributed by atoms with Crippen LogP contribution in [0, 0.1) is 0 Å². The molecule has 7 nitrogen and oxygen atoms in total. The lowest BCUT2D eigenvalue weighted by Crippen LogP contribution is -2.34. The molecule has 1 amide bonds. The maximum Gasteiger partial charge on any atom is 0.253 e. The molecule has 1 saturated heterocycles. The average molecular weight is 369 g/mol. The zero-order valence-corrected chi connectivity index (χ0v) is 15.9. The Morgan fingerprint density at radius 1 is 1.24 bits per heavy atom. The lowest BCUT2D eigenvalue weighted by Gasteiger charge is -2.30. The SMILES string of the molecule is COCCNC(=O)c1cc(S(=O)(=O)N(C)C)ccc1N1CCCCC1. The van der Waals surface area contributed by atoms with E-state index in [1.807, 2.05) is 0 Å². The average Bonchev–Trinajstić information content (AvgIpc) is 2.62. The molecule has 2 rings (SSSR count). The zero-order chi connectivity index (χ0) is 18.4. The number of nitrogens with zero attached hydrogens (tertiary/aromatic N) is 2. The Labute approximate surface area is 150 Å². The molecule has 0 unspecified atom stereocenters. The third kappa shape index (κ3) is 4.71. The minimum absolute atomic E-state index is 0.121. The number of carbonyl (C=O) groups is 1. The predicted octanol–water partition coefficient (Wildman–Crippen LogP) is 1.30. The quantitative estimate of drug-likeness (QED) is 0.733. The van der Waals surface area contributed by atoms with E-state index in [4.69, 9.17) is 4.74 Å². The fraction of sp³-hybridized carbons (Fsp3) is 0.588. The monoisotopic (exact) mass is 369 g/mol. The zero-order valence-electron chi connectivity index (χ0n) is 15.1. The Hall–Kier alpha value is -1.64. The molecule has 0 spiro atoms. The van der Waals surface area contributed by atoms with Gasteiger partial charge in [0.1, 0.15) is 0 Å². The van der Waals surface area contributed by atoms with Crippen LogP contribution in [0.5, 0.6) is 0 Å². The Morgan fingerprint density at radius 3 is 2.52 bits per heavy atom. The molecule has 1 N–H and O–H groups in total. The van der Waals surface area contributed by atoms with Crippen LogP contribution in [0.3, 0.4) is 0 Å². The van der Waals surface area contributed by atoms with Gasteiger partial charge in [-0.05, 0) is 37.5 Å². The van der Waals surface area contributed by atoms with E-state index in [0.717, 1.165) is 35.9 Å². The van der Waals surface area contributed by atoms with Crippen LogP contribution in [0.1, 0.15) is 29.6 Å². The molecule has 0 aromatic heterocycles. The topological polar surface area (TPSA) is 78.9 Å². The molecule has 0 radical (unpaired) electrons. The van der Waals surface area contributed by atoms with Crippen LogP contribution in [-0.2, 0) is 14.8 Å². The maximum atomic E-state index is 12.6. The van der Waals surface area contributed by atoms with E-state index >= 15 is 0 Å². The Balaban J connectivity index is 2.39. The summed E-state index contributed by atoms with van der Waals surface area (Å²) in [6.45, 7) is 2.52. The van der Waals surface area contributed by atoms with Crippen molar-refractivity contribution < 1.29 is 17.9 Å². The minimum Gasteiger partial charge on any atom is -0.383 e. The van der Waals surface area contributed by atoms with Crippen molar-refractivity contribution in [3.63, 3.8) is 0 Å². The molecule has 140 valence electrons. The second-order valence-electron chi connectivity index (χ2n) is 6.26. The molecular weight excluding hydrogens is 342 g/mol. The highest BCUT2D eigenvalue weighted by Gasteiger charge is 2.24. The van der Waals surface area contributed by atoms with Gasteiger partial charge in [-0.2, -0.15) is 0 Å². The number of benzene rings is 1. The molecule has 1 aromatic rings. The van der Waals surface area contributed by atoms with Crippen LogP contribution in [-0.4, -0.2) is 66.1 Å². The van der Waals surface area contributed by atoms with Gasteiger partial charge in [0.05, 0.1) is 17.1 Å². The van der Waals surface area contributed by atoms with Gasteiger partial charge in [-0.1, -0.05) is 0 Å². The van der Waals surface area contributed by atoms with Gasteiger partial charge in [-0.25, -0.2) is 12.7 Å². The third-order valence-corrected chi connectivity index (χ3v) is 6.09. The van der Waals surface area contributed by atoms with Crippen molar-refractivity contribution >= 4 is 21.6 Å². The third-order valence-electron chi connectivity index (χ3n) is 4.28. The van der Waals surface area contributed by atoms with Crippen molar-refractivity contribution in [2.45, 2.75) is 24.2 Å². The maximum absolute atomic E-state index is 12.6. The number of methoxy groups -OCH3 is 1. The van der Waals surface area contributed by atoms with Gasteiger partial charge in [-0.3, -0.25) is 4.79 Å². The lowest BCUT2D eigenvalue weighted by molar-refractivity contribution is 0.0937. The van der Waals surface area contributed by atoms with Crippen LogP contribution in [0.25, 0.3) is 0 Å². The van der Waals surface area contributed by atoms with Gasteiger partial charge in [0.15, 0.2) is 0 Å². The summed E-state index contributed by atoms with van der Waals surface area (Å²) in [6, 6.07) is 4.79. The summed E-state index contributed by atoms with van der Waals surface area (Å²) in [5.74, 6) is -0.284. The molecule has 25 heavy (non-hydrogen) atoms. The van der Waals surface area contributed by atoms with E-state index in [-0.39, 0.29) is 10.8 Å². The Kier molecular flexibility index (Phi) is 6.80. The van der Waals surface area contributed by atoms with Crippen LogP contribution < -0.4 is 10.2 Å². The van der Waals surface area contributed by atoms with Gasteiger partial charge in [-0.15, -0.1) is 0 Å². The van der Waals surface area contributed by atoms with Crippen molar-refractivity contribution in [1.29, 1.82) is 0 Å². The largest absolute Gasteiger partial charge is 0.383 e. The number of hydrogen-bond acceptors (Lipinski definition) is 5. The first-order chi connectivity index (χ1) is 11.9. The minimum atomic E-state index is -3.60. The van der Waals surface area contributed by atoms with Crippen LogP contribution in [0.2, 0.25) is 0 Å². The Bertz CT molecular complexity index is 698. The van der Waals surface area contributed by atoms with Crippen molar-refractivity contribution in [3.8, 4) is 0 Å². The second-order valence-corrected chi connectivity index (χ2v) is 8.41. The first-order valence-corrected chi connectivity index (χ1v) is 9.90. The number of carbonyl (C=O) groups excluding carboxylic acids is 1. The van der Waals surface area contributed by atoms with E-state index < -0.39 is 10.0 Å². The van der Waals surface area contributed by atoms with Crippen LogP contribution >= 0.6 is 0 Å². The molecule has 1 heterocycles. The first kappa shape index (κ1) is 19.7. The van der Waals surface area contributed by atoms with Crippen molar-refractivity contribution in [2.24, 2.45) is 0 Å². The summed E-state index contributed by atoms with van der Waals surface area (Å²) in [7, 11) is 0.926. The smallest absolute Gasteiger partial charge is 0.253 e. The molecule has 1 aliphatic heterocycles. The highest BCUT2D eigenvalue weighted by Crippen LogP contribution is 2.27. The van der Waals surface area contributed by atoms with Gasteiger partial charge in [0, 0.05) is 46.5 Å². The van der Waals surface area contributed by atoms with Gasteiger partial charge >= 0.3 is 0 Å². The van der Waals surface area contributed by atoms with Crippen molar-refractivity contribution in [2.75, 3.05) is 52.3 Å². The van der Waals surface area contributed by atoms with E-state index in [1.165, 1.54) is 26.6 Å². The van der Waals surface area contributed by atoms with E-state index in [9.17, 15) is 13.2 Å². The van der Waals surface area contributed by atoms with Crippen molar-refractivity contribution in [1.82, 2.24) is 9.62 Å². The van der Waals surface area contributed by atoms with E-state index in [2.05, 4.69) is 10.2 Å². The number of rotatable bonds is 7. The number of piperidine rings is 1. The van der Waals surface area contributed by atoms with Gasteiger partial charge in [0.2, 0.25) is 10.0 Å². The summed E-state index contributed by atoms with van der Waals surface area (Å²) in [6.07, 6.45) is 3.32. The molecule has 0 saturated carbocycles. The molecule has 1 aliphatic rings. The first-order valence-electron chi connectivity index (χ1n) is 8.46. The fourth-order valence-electron chi connectivity index (χ4n) is 2.84. The number of anilines is 1. The number of nitrogens with one attached hydrogen (secondary N) is 1. The summed E-state index contributed by atoms with van der Waals surface area (Å²) >= 11 is 0. The van der Waals surface area contributed by atoms with Crippen molar-refractivity contribution in [3.05, 3.63) is 23.8 Å². The Morgan fingerprint density at radius 2 is 1.92 bits per heavy atom. The summed E-state index contributed by atoms with van der Waals surface area (Å²) in [5.41, 5.74) is 1.17. The highest BCUT2D eigenvalue weighted by molar-refractivity contribution is 7.89. The fourth-order valence-corrected chi connectivity index (χ4v) is 3.77. The van der Waals surface area contributed by atoms with Gasteiger partial charge in [0.25, 0.3) is 5.91 Å². The van der Waals surface area contributed by atoms with E-state index in [0.29, 0.717) is 18.7 Å². The predicted molar refractivity (Wildman–Crippen MR) is 97.6 cm³/mol. The van der Waals surface area contributed by atoms with Crippen LogP contribution in [0.15, 0.2) is 23.1 Å². The summed E-state index contributed by atoms with van der Waals surface area (Å²) in [4.78, 5) is 14.9. The number of ether oxygens (including phenoxy) is 1. The summed E-state index contributed by atoms with van der Waals surface area (Å²) in [5, 5.41) is 2.79. The van der Waals surface area contributed by atoms with E-state index in [1.54, 1.807) is 19.2 Å². The second kappa shape index (κ2) is 8.64. The molecule has 8 heteroatoms. The lowest BCUT2D eigenvalue weighted by atomic mass is 10.1. The molecule has 1 fully saturated rings. The molecule has 0 aliphatic carbocycles. The standard InChI is InChI=1S/C17H27N3O4S/c1-19(2)25(22,23)14-7-8-16(20-10-5-4-6-11-20)15(13-14)17(21)18-9-12-24-3/h7-8,13H,4-6,9-12H2,1-3H3,(H,18,21). The normalized spacial score (nSPS) is 15.4. The molecule has 1 aromatic carbocycles. The molecule has 0 atom stereocenters. The van der Waals surface area contributed by atoms with Crippen LogP contribution in [0.4, 0.5) is 5.69 Å². The molecular formula is C17H27N3O4S. The number of hydrogen-bond donors (Lipinski definition) is 1. The number of sulfonamides is 1.